The van der Waals surface area contributed by atoms with Gasteiger partial charge in [0.25, 0.3) is 10.0 Å². The summed E-state index contributed by atoms with van der Waals surface area (Å²) in [6.07, 6.45) is 7.60. The van der Waals surface area contributed by atoms with Gasteiger partial charge in [0.15, 0.2) is 0 Å². The van der Waals surface area contributed by atoms with Gasteiger partial charge >= 0.3 is 0 Å². The average Bonchev–Trinajstić information content (AvgIpc) is 2.92. The van der Waals surface area contributed by atoms with E-state index in [-0.39, 0.29) is 11.5 Å². The van der Waals surface area contributed by atoms with Crippen molar-refractivity contribution in [1.82, 2.24) is 10.2 Å². The molecule has 0 spiro atoms. The first kappa shape index (κ1) is 13.0. The van der Waals surface area contributed by atoms with Crippen molar-refractivity contribution in [1.29, 1.82) is 0 Å². The Hall–Kier alpha value is -2.46. The van der Waals surface area contributed by atoms with Gasteiger partial charge < -0.3 is 4.74 Å². The predicted molar refractivity (Wildman–Crippen MR) is 70.2 cm³/mol. The number of nitrogens with zero attached hydrogens (tertiary/aromatic N) is 1. The highest BCUT2D eigenvalue weighted by atomic mass is 32.2. The zero-order valence-corrected chi connectivity index (χ0v) is 10.6. The van der Waals surface area contributed by atoms with E-state index in [0.29, 0.717) is 11.4 Å². The van der Waals surface area contributed by atoms with Crippen LogP contribution < -0.4 is 9.46 Å². The van der Waals surface area contributed by atoms with Crippen LogP contribution in [0.4, 0.5) is 5.69 Å². The van der Waals surface area contributed by atoms with E-state index in [1.807, 2.05) is 0 Å². The zero-order chi connectivity index (χ0) is 13.7. The minimum atomic E-state index is -3.62. The highest BCUT2D eigenvalue weighted by Crippen LogP contribution is 2.18. The van der Waals surface area contributed by atoms with Crippen LogP contribution in [0.2, 0.25) is 0 Å². The standard InChI is InChI=1S/C12H11N3O3S/c1-2-7-18-11-5-3-10(4-6-11)15-19(16,17)12-8-13-14-9-12/h1,3-6,8-9,15H,7H2,(H,13,14). The number of terminal acetylenes is 1. The number of aromatic nitrogens is 2. The van der Waals surface area contributed by atoms with Crippen LogP contribution in [0.25, 0.3) is 0 Å². The van der Waals surface area contributed by atoms with Crippen molar-refractivity contribution in [2.75, 3.05) is 11.3 Å². The van der Waals surface area contributed by atoms with Crippen LogP contribution in [-0.4, -0.2) is 25.2 Å². The Balaban J connectivity index is 2.10. The predicted octanol–water partition coefficient (Wildman–Crippen LogP) is 1.22. The second-order valence-corrected chi connectivity index (χ2v) is 5.24. The molecule has 0 bridgehead atoms. The average molecular weight is 277 g/mol. The number of rotatable bonds is 5. The summed E-state index contributed by atoms with van der Waals surface area (Å²) in [6.45, 7) is 0.167. The van der Waals surface area contributed by atoms with E-state index >= 15 is 0 Å². The van der Waals surface area contributed by atoms with Gasteiger partial charge in [-0.3, -0.25) is 9.82 Å². The Bertz CT molecular complexity index is 670. The molecule has 0 saturated heterocycles. The molecular formula is C12H11N3O3S. The lowest BCUT2D eigenvalue weighted by atomic mass is 10.3. The smallest absolute Gasteiger partial charge is 0.265 e. The van der Waals surface area contributed by atoms with Crippen molar-refractivity contribution < 1.29 is 13.2 Å². The molecule has 0 aliphatic rings. The van der Waals surface area contributed by atoms with Crippen LogP contribution in [0, 0.1) is 12.3 Å². The van der Waals surface area contributed by atoms with Gasteiger partial charge in [-0.15, -0.1) is 6.42 Å². The number of H-pyrrole nitrogens is 1. The Morgan fingerprint density at radius 2 is 2.11 bits per heavy atom. The van der Waals surface area contributed by atoms with Gasteiger partial charge in [-0.1, -0.05) is 5.92 Å². The highest BCUT2D eigenvalue weighted by molar-refractivity contribution is 7.92. The van der Waals surface area contributed by atoms with Crippen molar-refractivity contribution in [2.24, 2.45) is 0 Å². The molecular weight excluding hydrogens is 266 g/mol. The summed E-state index contributed by atoms with van der Waals surface area (Å²) < 4.78 is 31.4. The third kappa shape index (κ3) is 3.26. The molecule has 6 nitrogen and oxygen atoms in total. The number of sulfonamides is 1. The molecule has 0 radical (unpaired) electrons. The number of anilines is 1. The molecule has 0 aliphatic carbocycles. The molecule has 98 valence electrons. The topological polar surface area (TPSA) is 84.1 Å². The molecule has 1 aromatic heterocycles. The summed E-state index contributed by atoms with van der Waals surface area (Å²) in [5.41, 5.74) is 0.425. The van der Waals surface area contributed by atoms with E-state index in [1.165, 1.54) is 12.4 Å². The quantitative estimate of drug-likeness (QED) is 0.805. The fourth-order valence-corrected chi connectivity index (χ4v) is 2.31. The number of hydrogen-bond acceptors (Lipinski definition) is 4. The van der Waals surface area contributed by atoms with Gasteiger partial charge in [0.1, 0.15) is 17.3 Å². The van der Waals surface area contributed by atoms with Gasteiger partial charge in [0.05, 0.1) is 6.20 Å². The summed E-state index contributed by atoms with van der Waals surface area (Å²) in [7, 11) is -3.62. The molecule has 2 aromatic rings. The van der Waals surface area contributed by atoms with Crippen LogP contribution in [0.3, 0.4) is 0 Å². The second kappa shape index (κ2) is 5.46. The molecule has 0 amide bonds. The van der Waals surface area contributed by atoms with Gasteiger partial charge in [-0.25, -0.2) is 8.42 Å². The Kier molecular flexibility index (Phi) is 3.73. The van der Waals surface area contributed by atoms with Crippen LogP contribution in [0.1, 0.15) is 0 Å². The molecule has 2 rings (SSSR count). The number of hydrogen-bond donors (Lipinski definition) is 2. The first-order valence-electron chi connectivity index (χ1n) is 5.30. The molecule has 2 N–H and O–H groups in total. The minimum absolute atomic E-state index is 0.0696. The summed E-state index contributed by atoms with van der Waals surface area (Å²) in [4.78, 5) is 0.0696. The highest BCUT2D eigenvalue weighted by Gasteiger charge is 2.14. The Morgan fingerprint density at radius 3 is 2.68 bits per heavy atom. The maximum atomic E-state index is 11.9. The largest absolute Gasteiger partial charge is 0.481 e. The van der Waals surface area contributed by atoms with E-state index in [1.54, 1.807) is 24.3 Å². The van der Waals surface area contributed by atoms with Gasteiger partial charge in [0.2, 0.25) is 0 Å². The van der Waals surface area contributed by atoms with Crippen LogP contribution in [0.5, 0.6) is 5.75 Å². The first-order valence-corrected chi connectivity index (χ1v) is 6.78. The normalized spacial score (nSPS) is 10.7. The molecule has 19 heavy (non-hydrogen) atoms. The molecule has 7 heteroatoms. The summed E-state index contributed by atoms with van der Waals surface area (Å²) in [5.74, 6) is 2.92. The molecule has 0 aliphatic heterocycles. The van der Waals surface area contributed by atoms with E-state index in [9.17, 15) is 8.42 Å². The van der Waals surface area contributed by atoms with E-state index < -0.39 is 10.0 Å². The zero-order valence-electron chi connectivity index (χ0n) is 9.83. The fourth-order valence-electron chi connectivity index (χ4n) is 1.34. The molecule has 0 unspecified atom stereocenters. The van der Waals surface area contributed by atoms with Crippen molar-refractivity contribution in [3.8, 4) is 18.1 Å². The number of ether oxygens (including phenoxy) is 1. The lowest BCUT2D eigenvalue weighted by Gasteiger charge is -2.07. The lowest BCUT2D eigenvalue weighted by Crippen LogP contribution is -2.12. The third-order valence-electron chi connectivity index (χ3n) is 2.21. The van der Waals surface area contributed by atoms with Crippen molar-refractivity contribution >= 4 is 15.7 Å². The maximum absolute atomic E-state index is 11.9. The number of aromatic amines is 1. The van der Waals surface area contributed by atoms with E-state index in [4.69, 9.17) is 11.2 Å². The van der Waals surface area contributed by atoms with E-state index in [2.05, 4.69) is 20.8 Å². The Morgan fingerprint density at radius 1 is 1.37 bits per heavy atom. The summed E-state index contributed by atoms with van der Waals surface area (Å²) in [5, 5.41) is 6.04. The summed E-state index contributed by atoms with van der Waals surface area (Å²) in [6, 6.07) is 6.43. The van der Waals surface area contributed by atoms with Gasteiger partial charge in [-0.05, 0) is 24.3 Å². The molecule has 1 aromatic carbocycles. The third-order valence-corrected chi connectivity index (χ3v) is 3.56. The van der Waals surface area contributed by atoms with Crippen LogP contribution >= 0.6 is 0 Å². The number of benzene rings is 1. The van der Waals surface area contributed by atoms with Crippen molar-refractivity contribution in [2.45, 2.75) is 4.90 Å². The molecule has 0 atom stereocenters. The second-order valence-electron chi connectivity index (χ2n) is 3.56. The van der Waals surface area contributed by atoms with Crippen LogP contribution in [-0.2, 0) is 10.0 Å². The molecule has 1 heterocycles. The minimum Gasteiger partial charge on any atom is -0.481 e. The lowest BCUT2D eigenvalue weighted by molar-refractivity contribution is 0.370. The van der Waals surface area contributed by atoms with Gasteiger partial charge in [0, 0.05) is 11.9 Å². The first-order chi connectivity index (χ1) is 9.12. The Labute approximate surface area is 110 Å². The molecule has 0 saturated carbocycles. The van der Waals surface area contributed by atoms with Gasteiger partial charge in [-0.2, -0.15) is 5.10 Å². The fraction of sp³-hybridized carbons (Fsp3) is 0.0833. The number of nitrogens with one attached hydrogen (secondary N) is 2. The van der Waals surface area contributed by atoms with Crippen molar-refractivity contribution in [3.05, 3.63) is 36.7 Å². The monoisotopic (exact) mass is 277 g/mol. The van der Waals surface area contributed by atoms with Crippen molar-refractivity contribution in [3.63, 3.8) is 0 Å². The summed E-state index contributed by atoms with van der Waals surface area (Å²) >= 11 is 0. The maximum Gasteiger partial charge on any atom is 0.265 e. The molecule has 0 fully saturated rings. The van der Waals surface area contributed by atoms with E-state index in [0.717, 1.165) is 0 Å². The van der Waals surface area contributed by atoms with Crippen LogP contribution in [0.15, 0.2) is 41.6 Å². The SMILES string of the molecule is C#CCOc1ccc(NS(=O)(=O)c2cn[nH]c2)cc1.